The summed E-state index contributed by atoms with van der Waals surface area (Å²) in [6.07, 6.45) is -0.0425. The number of anilines is 2. The minimum absolute atomic E-state index is 0.0691. The molecule has 0 unspecified atom stereocenters. The van der Waals surface area contributed by atoms with E-state index in [1.807, 2.05) is 0 Å². The zero-order valence-electron chi connectivity index (χ0n) is 6.72. The number of aromatic nitrogens is 2. The third-order valence-corrected chi connectivity index (χ3v) is 2.09. The highest BCUT2D eigenvalue weighted by Crippen LogP contribution is 2.41. The maximum absolute atomic E-state index is 13.1. The first-order valence-electron chi connectivity index (χ1n) is 3.81. The fourth-order valence-corrected chi connectivity index (χ4v) is 1.47. The van der Waals surface area contributed by atoms with E-state index in [1.54, 1.807) is 0 Å². The molecule has 0 bridgehead atoms. The number of halogens is 2. The van der Waals surface area contributed by atoms with Crippen LogP contribution in [0.25, 0.3) is 0 Å². The third kappa shape index (κ3) is 1.09. The Morgan fingerprint density at radius 2 is 1.92 bits per heavy atom. The van der Waals surface area contributed by atoms with Gasteiger partial charge in [0.15, 0.2) is 0 Å². The molecule has 4 N–H and O–H groups in total. The van der Waals surface area contributed by atoms with Crippen molar-refractivity contribution in [3.05, 3.63) is 11.3 Å². The average Bonchev–Trinajstić information content (AvgIpc) is 2.28. The summed E-state index contributed by atoms with van der Waals surface area (Å²) in [5.74, 6) is -3.03. The smallest absolute Gasteiger partial charge is 0.290 e. The Labute approximate surface area is 73.0 Å². The van der Waals surface area contributed by atoms with Crippen molar-refractivity contribution >= 4 is 11.8 Å². The maximum Gasteiger partial charge on any atom is 0.290 e. The van der Waals surface area contributed by atoms with E-state index in [1.165, 1.54) is 0 Å². The van der Waals surface area contributed by atoms with Crippen molar-refractivity contribution in [1.82, 2.24) is 9.97 Å². The van der Waals surface area contributed by atoms with Gasteiger partial charge in [0, 0.05) is 12.0 Å². The van der Waals surface area contributed by atoms with E-state index in [9.17, 15) is 8.78 Å². The van der Waals surface area contributed by atoms with E-state index in [-0.39, 0.29) is 30.3 Å². The van der Waals surface area contributed by atoms with Gasteiger partial charge < -0.3 is 11.5 Å². The first-order valence-corrected chi connectivity index (χ1v) is 3.81. The topological polar surface area (TPSA) is 77.8 Å². The summed E-state index contributed by atoms with van der Waals surface area (Å²) in [5, 5.41) is 0. The number of rotatable bonds is 0. The van der Waals surface area contributed by atoms with E-state index in [0.29, 0.717) is 5.56 Å². The molecule has 1 aliphatic rings. The van der Waals surface area contributed by atoms with Crippen LogP contribution in [0.1, 0.15) is 17.7 Å². The molecule has 0 amide bonds. The lowest BCUT2D eigenvalue weighted by Gasteiger charge is -2.09. The Hall–Kier alpha value is -1.46. The van der Waals surface area contributed by atoms with Crippen LogP contribution in [-0.2, 0) is 12.3 Å². The molecule has 0 fully saturated rings. The summed E-state index contributed by atoms with van der Waals surface area (Å²) in [6, 6.07) is 0. The van der Waals surface area contributed by atoms with Crippen molar-refractivity contribution in [2.45, 2.75) is 18.8 Å². The van der Waals surface area contributed by atoms with Crippen LogP contribution in [-0.4, -0.2) is 9.97 Å². The van der Waals surface area contributed by atoms with Crippen molar-refractivity contribution in [3.8, 4) is 0 Å². The van der Waals surface area contributed by atoms with Crippen LogP contribution in [0.2, 0.25) is 0 Å². The molecule has 4 nitrogen and oxygen atoms in total. The van der Waals surface area contributed by atoms with Gasteiger partial charge in [0.1, 0.15) is 11.5 Å². The largest absolute Gasteiger partial charge is 0.383 e. The molecule has 1 aromatic heterocycles. The molecular formula is C7H8F2N4. The molecule has 1 aromatic rings. The second kappa shape index (κ2) is 2.27. The summed E-state index contributed by atoms with van der Waals surface area (Å²) in [4.78, 5) is 7.13. The molecule has 0 saturated carbocycles. The van der Waals surface area contributed by atoms with Gasteiger partial charge >= 0.3 is 0 Å². The fraction of sp³-hybridized carbons (Fsp3) is 0.429. The second-order valence-corrected chi connectivity index (χ2v) is 3.00. The van der Waals surface area contributed by atoms with Gasteiger partial charge in [-0.25, -0.2) is 4.98 Å². The first kappa shape index (κ1) is 8.15. The molecule has 0 spiro atoms. The standard InChI is InChI=1S/C7H8F2N4/c8-7(9)2-1-3-4(7)12-6(11)13-5(3)10/h1-2H2,(H4,10,11,12,13). The monoisotopic (exact) mass is 186 g/mol. The predicted molar refractivity (Wildman–Crippen MR) is 43.1 cm³/mol. The van der Waals surface area contributed by atoms with Crippen molar-refractivity contribution in [3.63, 3.8) is 0 Å². The maximum atomic E-state index is 13.1. The highest BCUT2D eigenvalue weighted by atomic mass is 19.3. The van der Waals surface area contributed by atoms with Gasteiger partial charge in [-0.3, -0.25) is 0 Å². The summed E-state index contributed by atoms with van der Waals surface area (Å²) < 4.78 is 26.2. The average molecular weight is 186 g/mol. The third-order valence-electron chi connectivity index (χ3n) is 2.09. The van der Waals surface area contributed by atoms with Crippen molar-refractivity contribution in [1.29, 1.82) is 0 Å². The molecule has 6 heteroatoms. The summed E-state index contributed by atoms with van der Waals surface area (Å²) in [5.41, 5.74) is 10.7. The molecular weight excluding hydrogens is 178 g/mol. The number of nitrogen functional groups attached to an aromatic ring is 2. The lowest BCUT2D eigenvalue weighted by molar-refractivity contribution is -0.00585. The lowest BCUT2D eigenvalue weighted by atomic mass is 10.2. The van der Waals surface area contributed by atoms with E-state index in [2.05, 4.69) is 9.97 Å². The van der Waals surface area contributed by atoms with Crippen LogP contribution in [0.3, 0.4) is 0 Å². The number of alkyl halides is 2. The molecule has 2 rings (SSSR count). The van der Waals surface area contributed by atoms with Crippen LogP contribution in [0.4, 0.5) is 20.5 Å². The van der Waals surface area contributed by atoms with Crippen molar-refractivity contribution in [2.24, 2.45) is 0 Å². The Morgan fingerprint density at radius 3 is 2.62 bits per heavy atom. The highest BCUT2D eigenvalue weighted by Gasteiger charge is 2.42. The molecule has 13 heavy (non-hydrogen) atoms. The van der Waals surface area contributed by atoms with Gasteiger partial charge in [0.05, 0.1) is 0 Å². The number of hydrogen-bond acceptors (Lipinski definition) is 4. The van der Waals surface area contributed by atoms with Gasteiger partial charge in [-0.1, -0.05) is 0 Å². The van der Waals surface area contributed by atoms with Crippen molar-refractivity contribution < 1.29 is 8.78 Å². The summed E-state index contributed by atoms with van der Waals surface area (Å²) in [7, 11) is 0. The minimum Gasteiger partial charge on any atom is -0.383 e. The number of hydrogen-bond donors (Lipinski definition) is 2. The minimum atomic E-state index is -2.90. The number of nitrogens with two attached hydrogens (primary N) is 2. The van der Waals surface area contributed by atoms with Crippen LogP contribution in [0, 0.1) is 0 Å². The van der Waals surface area contributed by atoms with Crippen molar-refractivity contribution in [2.75, 3.05) is 11.5 Å². The van der Waals surface area contributed by atoms with Gasteiger partial charge in [0.2, 0.25) is 5.95 Å². The summed E-state index contributed by atoms with van der Waals surface area (Å²) >= 11 is 0. The molecule has 1 heterocycles. The second-order valence-electron chi connectivity index (χ2n) is 3.00. The Bertz CT molecular complexity index is 364. The van der Waals surface area contributed by atoms with E-state index in [4.69, 9.17) is 11.5 Å². The lowest BCUT2D eigenvalue weighted by Crippen LogP contribution is -2.13. The zero-order valence-corrected chi connectivity index (χ0v) is 6.72. The number of fused-ring (bicyclic) bond motifs is 1. The molecule has 0 saturated heterocycles. The van der Waals surface area contributed by atoms with Gasteiger partial charge in [-0.05, 0) is 6.42 Å². The van der Waals surface area contributed by atoms with E-state index in [0.717, 1.165) is 0 Å². The van der Waals surface area contributed by atoms with Crippen LogP contribution >= 0.6 is 0 Å². The Morgan fingerprint density at radius 1 is 1.23 bits per heavy atom. The van der Waals surface area contributed by atoms with Gasteiger partial charge in [0.25, 0.3) is 5.92 Å². The SMILES string of the molecule is Nc1nc(N)c2c(n1)C(F)(F)CC2. The molecule has 70 valence electrons. The Kier molecular flexibility index (Phi) is 1.43. The Balaban J connectivity index is 2.65. The normalized spacial score (nSPS) is 18.6. The van der Waals surface area contributed by atoms with Crippen LogP contribution < -0.4 is 11.5 Å². The molecule has 1 aliphatic carbocycles. The van der Waals surface area contributed by atoms with Crippen LogP contribution in [0.5, 0.6) is 0 Å². The van der Waals surface area contributed by atoms with E-state index < -0.39 is 5.92 Å². The summed E-state index contributed by atoms with van der Waals surface area (Å²) in [6.45, 7) is 0. The van der Waals surface area contributed by atoms with Crippen LogP contribution in [0.15, 0.2) is 0 Å². The predicted octanol–water partition coefficient (Wildman–Crippen LogP) is 0.679. The quantitative estimate of drug-likeness (QED) is 0.624. The number of nitrogens with zero attached hydrogens (tertiary/aromatic N) is 2. The molecule has 0 aromatic carbocycles. The van der Waals surface area contributed by atoms with E-state index >= 15 is 0 Å². The molecule has 0 radical (unpaired) electrons. The molecule has 0 aliphatic heterocycles. The van der Waals surface area contributed by atoms with Gasteiger partial charge in [-0.15, -0.1) is 0 Å². The fourth-order valence-electron chi connectivity index (χ4n) is 1.47. The highest BCUT2D eigenvalue weighted by molar-refractivity contribution is 5.49. The molecule has 0 atom stereocenters. The van der Waals surface area contributed by atoms with Gasteiger partial charge in [-0.2, -0.15) is 13.8 Å². The first-order chi connectivity index (χ1) is 6.00. The zero-order chi connectivity index (χ0) is 9.64.